The Kier molecular flexibility index (Phi) is 24.5. The molecule has 16 nitrogen and oxygen atoms in total. The summed E-state index contributed by atoms with van der Waals surface area (Å²) in [5.74, 6) is -3.39. The second-order valence-corrected chi connectivity index (χ2v) is 35.2. The zero-order valence-corrected chi connectivity index (χ0v) is 52.3. The fraction of sp³-hybridized carbons (Fsp3) is 0.754. The lowest BCUT2D eigenvalue weighted by Crippen LogP contribution is -2.59. The van der Waals surface area contributed by atoms with Gasteiger partial charge in [0.25, 0.3) is 0 Å². The molecular weight excluding hydrogens is 987 g/mol. The lowest BCUT2D eigenvalue weighted by Gasteiger charge is -2.42. The largest absolute Gasteiger partial charge is 0.497 e. The van der Waals surface area contributed by atoms with Crippen molar-refractivity contribution in [3.8, 4) is 5.75 Å². The SMILES string of the molecule is CC[C@H](C)[C@@H](C(=O)N1CCC[C@H]1C(=O)O[C@@H](C[C@@H](C)C[C@H](O[Si](C)(C)C(C)(C)C)[C@H](C)C(=O)N[C@@H](/C=C(\C)C(=O)O)CO[Si](C)(C)C(C)(C)C)C(C)(C)C)N(C)C(=O)[C@H](C)N(C)C(=O)[C@@H](N)Cc1ccc(OC)cc1. The molecule has 4 N–H and O–H groups in total. The quantitative estimate of drug-likeness (QED) is 0.0451. The highest BCUT2D eigenvalue weighted by Gasteiger charge is 2.46. The first kappa shape index (κ1) is 67.0. The van der Waals surface area contributed by atoms with Crippen molar-refractivity contribution >= 4 is 52.2 Å². The minimum Gasteiger partial charge on any atom is -0.497 e. The van der Waals surface area contributed by atoms with Crippen molar-refractivity contribution in [2.75, 3.05) is 34.4 Å². The van der Waals surface area contributed by atoms with Gasteiger partial charge in [-0.25, -0.2) is 9.59 Å². The summed E-state index contributed by atoms with van der Waals surface area (Å²) < 4.78 is 25.3. The van der Waals surface area contributed by atoms with Gasteiger partial charge in [0.2, 0.25) is 23.6 Å². The van der Waals surface area contributed by atoms with Crippen molar-refractivity contribution in [1.82, 2.24) is 20.0 Å². The number of nitrogens with zero attached hydrogens (tertiary/aromatic N) is 3. The molecule has 0 radical (unpaired) electrons. The maximum Gasteiger partial charge on any atom is 0.331 e. The van der Waals surface area contributed by atoms with E-state index < -0.39 is 94.1 Å². The number of esters is 1. The van der Waals surface area contributed by atoms with Crippen molar-refractivity contribution in [3.05, 3.63) is 41.5 Å². The molecule has 0 saturated carbocycles. The van der Waals surface area contributed by atoms with E-state index in [2.05, 4.69) is 80.0 Å². The van der Waals surface area contributed by atoms with Gasteiger partial charge in [-0.2, -0.15) is 0 Å². The standard InChI is InChI=1S/C57H101N5O11Si2/c1-23-37(3)48(61(17)50(64)40(6)60(16)51(65)44(58)34-41-26-28-43(70-18)29-27-41)52(66)62-30-24-25-45(62)54(69)72-47(55(7,8)9)32-36(2)31-46(73-75(21,22)57(13,14)15)39(5)49(63)59-42(33-38(4)53(67)68)35-71-74(19,20)56(10,11)12/h26-29,33,36-37,39-40,42,44-48H,23-25,30-32,34-35,58H2,1-22H3,(H,59,63)(H,67,68)/b38-33+/t36-,37-,39-,40-,42-,44-,45-,46-,47-,48-/m0/s1. The topological polar surface area (TPSA) is 207 Å². The van der Waals surface area contributed by atoms with Gasteiger partial charge in [0.15, 0.2) is 16.6 Å². The van der Waals surface area contributed by atoms with Crippen molar-refractivity contribution in [2.45, 2.75) is 221 Å². The van der Waals surface area contributed by atoms with Crippen molar-refractivity contribution in [1.29, 1.82) is 0 Å². The van der Waals surface area contributed by atoms with Crippen LogP contribution in [-0.2, 0) is 48.8 Å². The highest BCUT2D eigenvalue weighted by molar-refractivity contribution is 6.74. The molecule has 1 saturated heterocycles. The van der Waals surface area contributed by atoms with Gasteiger partial charge in [-0.3, -0.25) is 19.2 Å². The number of nitrogens with two attached hydrogens (primary N) is 1. The lowest BCUT2D eigenvalue weighted by atomic mass is 9.81. The summed E-state index contributed by atoms with van der Waals surface area (Å²) in [5.41, 5.74) is 6.82. The lowest BCUT2D eigenvalue weighted by molar-refractivity contribution is -0.166. The van der Waals surface area contributed by atoms with Crippen LogP contribution in [0.5, 0.6) is 5.75 Å². The van der Waals surface area contributed by atoms with Crippen LogP contribution in [0.2, 0.25) is 36.3 Å². The highest BCUT2D eigenvalue weighted by Crippen LogP contribution is 2.41. The number of rotatable bonds is 26. The normalized spacial score (nSPS) is 18.6. The fourth-order valence-corrected chi connectivity index (χ4v) is 11.1. The van der Waals surface area contributed by atoms with Crippen LogP contribution in [0.15, 0.2) is 35.9 Å². The number of benzene rings is 1. The van der Waals surface area contributed by atoms with Crippen LogP contribution < -0.4 is 15.8 Å². The molecule has 1 aliphatic heterocycles. The van der Waals surface area contributed by atoms with Crippen molar-refractivity contribution in [2.24, 2.45) is 28.9 Å². The molecule has 0 aromatic heterocycles. The highest BCUT2D eigenvalue weighted by atomic mass is 28.4. The number of carbonyl (C=O) groups is 6. The molecule has 428 valence electrons. The molecule has 0 unspecified atom stereocenters. The van der Waals surface area contributed by atoms with Crippen LogP contribution >= 0.6 is 0 Å². The molecule has 0 aliphatic carbocycles. The molecule has 2 rings (SSSR count). The average Bonchev–Trinajstić information content (AvgIpc) is 3.81. The summed E-state index contributed by atoms with van der Waals surface area (Å²) in [7, 11) is -0.0230. The first-order chi connectivity index (χ1) is 34.2. The number of methoxy groups -OCH3 is 1. The Labute approximate surface area is 454 Å². The number of likely N-dealkylation sites (tertiary alicyclic amines) is 1. The molecule has 1 aromatic carbocycles. The van der Waals surface area contributed by atoms with Crippen LogP contribution in [0.25, 0.3) is 0 Å². The zero-order chi connectivity index (χ0) is 57.9. The Balaban J connectivity index is 2.38. The van der Waals surface area contributed by atoms with Gasteiger partial charge in [-0.05, 0) is 123 Å². The Hall–Kier alpha value is -4.11. The van der Waals surface area contributed by atoms with E-state index in [4.69, 9.17) is 24.1 Å². The Morgan fingerprint density at radius 3 is 1.92 bits per heavy atom. The van der Waals surface area contributed by atoms with Crippen LogP contribution in [0.1, 0.15) is 142 Å². The summed E-state index contributed by atoms with van der Waals surface area (Å²) in [4.78, 5) is 87.7. The second-order valence-electron chi connectivity index (χ2n) is 25.7. The van der Waals surface area contributed by atoms with Gasteiger partial charge >= 0.3 is 11.9 Å². The summed E-state index contributed by atoms with van der Waals surface area (Å²) in [6.45, 7) is 38.8. The van der Waals surface area contributed by atoms with Gasteiger partial charge in [0.05, 0.1) is 37.8 Å². The molecule has 18 heteroatoms. The molecule has 1 heterocycles. The summed E-state index contributed by atoms with van der Waals surface area (Å²) in [6.07, 6.45) is 3.18. The van der Waals surface area contributed by atoms with Crippen molar-refractivity contribution < 1.29 is 52.2 Å². The maximum atomic E-state index is 14.8. The maximum absolute atomic E-state index is 14.8. The number of hydrogen-bond donors (Lipinski definition) is 3. The summed E-state index contributed by atoms with van der Waals surface area (Å²) >= 11 is 0. The molecule has 4 amide bonds. The van der Waals surface area contributed by atoms with E-state index in [1.54, 1.807) is 51.2 Å². The molecule has 75 heavy (non-hydrogen) atoms. The first-order valence-corrected chi connectivity index (χ1v) is 33.0. The van der Waals surface area contributed by atoms with E-state index in [1.165, 1.54) is 16.7 Å². The molecule has 0 spiro atoms. The number of likely N-dealkylation sites (N-methyl/N-ethyl adjacent to an activating group) is 2. The Morgan fingerprint density at radius 2 is 1.43 bits per heavy atom. The van der Waals surface area contributed by atoms with Gasteiger partial charge in [-0.1, -0.05) is 109 Å². The number of carbonyl (C=O) groups excluding carboxylic acids is 5. The summed E-state index contributed by atoms with van der Waals surface area (Å²) in [6, 6.07) is 2.97. The third kappa shape index (κ3) is 18.8. The van der Waals surface area contributed by atoms with Gasteiger partial charge in [0.1, 0.15) is 30.0 Å². The smallest absolute Gasteiger partial charge is 0.331 e. The molecule has 1 aliphatic rings. The van der Waals surface area contributed by atoms with Crippen molar-refractivity contribution in [3.63, 3.8) is 0 Å². The predicted octanol–water partition coefficient (Wildman–Crippen LogP) is 9.21. The van der Waals surface area contributed by atoms with Crippen LogP contribution in [0.4, 0.5) is 0 Å². The second kappa shape index (κ2) is 27.5. The number of carboxylic acid groups (broad SMARTS) is 1. The Morgan fingerprint density at radius 1 is 0.867 bits per heavy atom. The van der Waals surface area contributed by atoms with E-state index in [1.807, 2.05) is 53.7 Å². The van der Waals surface area contributed by atoms with Gasteiger partial charge in [-0.15, -0.1) is 0 Å². The van der Waals surface area contributed by atoms with Gasteiger partial charge in [0, 0.05) is 26.2 Å². The minimum absolute atomic E-state index is 0.0985. The van der Waals surface area contributed by atoms with E-state index in [-0.39, 0.29) is 52.3 Å². The fourth-order valence-electron chi connectivity index (χ4n) is 8.68. The number of carboxylic acids is 1. The summed E-state index contributed by atoms with van der Waals surface area (Å²) in [5, 5.41) is 12.6. The number of aliphatic carboxylic acids is 1. The van der Waals surface area contributed by atoms with Gasteiger partial charge < -0.3 is 49.2 Å². The molecule has 1 fully saturated rings. The number of ether oxygens (including phenoxy) is 2. The van der Waals surface area contributed by atoms with E-state index in [0.717, 1.165) is 5.56 Å². The minimum atomic E-state index is -2.46. The molecule has 10 atom stereocenters. The number of amides is 4. The van der Waals surface area contributed by atoms with Crippen LogP contribution in [0, 0.1) is 23.2 Å². The zero-order valence-electron chi connectivity index (χ0n) is 50.3. The average molecular weight is 1090 g/mol. The molecule has 1 aromatic rings. The van der Waals surface area contributed by atoms with E-state index in [0.29, 0.717) is 44.4 Å². The third-order valence-electron chi connectivity index (χ3n) is 16.5. The van der Waals surface area contributed by atoms with Crippen LogP contribution in [-0.4, -0.2) is 149 Å². The number of hydrogen-bond acceptors (Lipinski definition) is 11. The first-order valence-electron chi connectivity index (χ1n) is 27.2. The third-order valence-corrected chi connectivity index (χ3v) is 25.5. The number of nitrogens with one attached hydrogen (secondary N) is 1. The monoisotopic (exact) mass is 1090 g/mol. The Bertz CT molecular complexity index is 2110. The van der Waals surface area contributed by atoms with Crippen LogP contribution in [0.3, 0.4) is 0 Å². The molecular formula is C57H101N5O11Si2. The van der Waals surface area contributed by atoms with E-state index >= 15 is 0 Å². The van der Waals surface area contributed by atoms with E-state index in [9.17, 15) is 33.9 Å². The molecule has 0 bridgehead atoms. The predicted molar refractivity (Wildman–Crippen MR) is 303 cm³/mol.